The Morgan fingerprint density at radius 3 is 2.74 bits per heavy atom. The molecule has 108 valence electrons. The van der Waals surface area contributed by atoms with E-state index in [1.165, 1.54) is 12.3 Å². The third-order valence-corrected chi connectivity index (χ3v) is 4.14. The lowest BCUT2D eigenvalue weighted by molar-refractivity contribution is 0.133. The lowest BCUT2D eigenvalue weighted by Gasteiger charge is -2.14. The van der Waals surface area contributed by atoms with Crippen molar-refractivity contribution >= 4 is 27.4 Å². The second-order valence-corrected chi connectivity index (χ2v) is 6.05. The molecule has 2 N–H and O–H groups in total. The third kappa shape index (κ3) is 4.61. The predicted octanol–water partition coefficient (Wildman–Crippen LogP) is 1.48. The van der Waals surface area contributed by atoms with E-state index < -0.39 is 10.0 Å². The van der Waals surface area contributed by atoms with Crippen LogP contribution in [-0.4, -0.2) is 39.7 Å². The van der Waals surface area contributed by atoms with Gasteiger partial charge in [0.15, 0.2) is 0 Å². The molecule has 6 nitrogen and oxygen atoms in total. The van der Waals surface area contributed by atoms with Crippen LogP contribution in [0.3, 0.4) is 0 Å². The number of nitrogens with one attached hydrogen (secondary N) is 2. The first kappa shape index (κ1) is 16.2. The minimum absolute atomic E-state index is 0.0276. The number of nitrogens with zero attached hydrogens (tertiary/aromatic N) is 1. The summed E-state index contributed by atoms with van der Waals surface area (Å²) in [5, 5.41) is 3.02. The number of ether oxygens (including phenoxy) is 1. The monoisotopic (exact) mass is 307 g/mol. The van der Waals surface area contributed by atoms with E-state index in [1.54, 1.807) is 14.0 Å². The van der Waals surface area contributed by atoms with Crippen molar-refractivity contribution in [2.75, 3.05) is 25.6 Å². The Morgan fingerprint density at radius 2 is 2.21 bits per heavy atom. The number of hydrogen-bond donors (Lipinski definition) is 2. The van der Waals surface area contributed by atoms with Crippen LogP contribution in [0, 0.1) is 0 Å². The highest BCUT2D eigenvalue weighted by Crippen LogP contribution is 2.21. The van der Waals surface area contributed by atoms with Crippen LogP contribution in [0.5, 0.6) is 0 Å². The summed E-state index contributed by atoms with van der Waals surface area (Å²) in [6, 6.07) is 1.03. The van der Waals surface area contributed by atoms with Crippen LogP contribution < -0.4 is 10.0 Å². The summed E-state index contributed by atoms with van der Waals surface area (Å²) in [5.74, 6) is 0.433. The summed E-state index contributed by atoms with van der Waals surface area (Å²) < 4.78 is 31.8. The Kier molecular flexibility index (Phi) is 5.99. The van der Waals surface area contributed by atoms with Crippen molar-refractivity contribution < 1.29 is 13.2 Å². The first-order valence-electron chi connectivity index (χ1n) is 5.84. The number of aromatic nitrogens is 1. The van der Waals surface area contributed by atoms with Crippen LogP contribution in [0.2, 0.25) is 5.02 Å². The van der Waals surface area contributed by atoms with Crippen molar-refractivity contribution in [1.82, 2.24) is 9.71 Å². The smallest absolute Gasteiger partial charge is 0.242 e. The minimum atomic E-state index is -3.64. The van der Waals surface area contributed by atoms with E-state index >= 15 is 0 Å². The van der Waals surface area contributed by atoms with Gasteiger partial charge in [-0.25, -0.2) is 18.1 Å². The Bertz CT molecular complexity index is 522. The van der Waals surface area contributed by atoms with Crippen LogP contribution in [0.1, 0.15) is 13.8 Å². The van der Waals surface area contributed by atoms with Gasteiger partial charge in [0.25, 0.3) is 0 Å². The Balaban J connectivity index is 2.85. The van der Waals surface area contributed by atoms with E-state index in [0.717, 1.165) is 0 Å². The van der Waals surface area contributed by atoms with E-state index in [-0.39, 0.29) is 16.0 Å². The number of hydrogen-bond acceptors (Lipinski definition) is 5. The van der Waals surface area contributed by atoms with E-state index in [1.807, 2.05) is 6.92 Å². The number of rotatable bonds is 7. The summed E-state index contributed by atoms with van der Waals surface area (Å²) >= 11 is 5.91. The number of sulfonamides is 1. The molecule has 19 heavy (non-hydrogen) atoms. The normalized spacial score (nSPS) is 13.3. The van der Waals surface area contributed by atoms with Crippen molar-refractivity contribution in [2.24, 2.45) is 0 Å². The molecule has 0 saturated heterocycles. The molecule has 0 saturated carbocycles. The highest BCUT2D eigenvalue weighted by molar-refractivity contribution is 7.89. The zero-order chi connectivity index (χ0) is 14.5. The highest BCUT2D eigenvalue weighted by Gasteiger charge is 2.19. The Morgan fingerprint density at radius 1 is 1.53 bits per heavy atom. The van der Waals surface area contributed by atoms with Gasteiger partial charge in [-0.1, -0.05) is 11.6 Å². The summed E-state index contributed by atoms with van der Waals surface area (Å²) in [6.45, 7) is 4.42. The van der Waals surface area contributed by atoms with Crippen LogP contribution in [-0.2, 0) is 14.8 Å². The van der Waals surface area contributed by atoms with Gasteiger partial charge in [0.1, 0.15) is 10.7 Å². The maximum Gasteiger partial charge on any atom is 0.242 e. The van der Waals surface area contributed by atoms with Crippen LogP contribution in [0.25, 0.3) is 0 Å². The molecule has 0 aliphatic heterocycles. The number of pyridine rings is 1. The van der Waals surface area contributed by atoms with E-state index in [9.17, 15) is 8.42 Å². The van der Waals surface area contributed by atoms with E-state index in [0.29, 0.717) is 19.0 Å². The molecule has 0 aromatic carbocycles. The largest absolute Gasteiger partial charge is 0.380 e. The maximum atomic E-state index is 12.1. The fourth-order valence-corrected chi connectivity index (χ4v) is 2.94. The molecule has 0 aliphatic rings. The topological polar surface area (TPSA) is 80.3 Å². The Labute approximate surface area is 118 Å². The van der Waals surface area contributed by atoms with Crippen LogP contribution in [0.4, 0.5) is 5.82 Å². The van der Waals surface area contributed by atoms with Crippen molar-refractivity contribution in [2.45, 2.75) is 24.8 Å². The standard InChI is InChI=1S/C11H18ClN3O3S/c1-4-18-7-8(2)15-19(16,17)9-5-10(12)11(13-3)14-6-9/h5-6,8,15H,4,7H2,1-3H3,(H,13,14). The molecule has 0 amide bonds. The second kappa shape index (κ2) is 7.04. The molecule has 0 fully saturated rings. The molecule has 0 bridgehead atoms. The molecule has 1 unspecified atom stereocenters. The molecular formula is C11H18ClN3O3S. The lowest BCUT2D eigenvalue weighted by Crippen LogP contribution is -2.36. The molecule has 1 atom stereocenters. The molecule has 1 heterocycles. The van der Waals surface area contributed by atoms with Gasteiger partial charge in [-0.2, -0.15) is 0 Å². The van der Waals surface area contributed by atoms with Crippen LogP contribution >= 0.6 is 11.6 Å². The van der Waals surface area contributed by atoms with Gasteiger partial charge in [-0.05, 0) is 19.9 Å². The fraction of sp³-hybridized carbons (Fsp3) is 0.545. The molecular weight excluding hydrogens is 290 g/mol. The maximum absolute atomic E-state index is 12.1. The quantitative estimate of drug-likeness (QED) is 0.797. The van der Waals surface area contributed by atoms with E-state index in [2.05, 4.69) is 15.0 Å². The summed E-state index contributed by atoms with van der Waals surface area (Å²) in [5.41, 5.74) is 0. The summed E-state index contributed by atoms with van der Waals surface area (Å²) in [6.07, 6.45) is 1.26. The highest BCUT2D eigenvalue weighted by atomic mass is 35.5. The number of anilines is 1. The third-order valence-electron chi connectivity index (χ3n) is 2.29. The van der Waals surface area contributed by atoms with Gasteiger partial charge in [0.2, 0.25) is 10.0 Å². The minimum Gasteiger partial charge on any atom is -0.380 e. The molecule has 1 aromatic heterocycles. The van der Waals surface area contributed by atoms with Crippen molar-refractivity contribution in [3.05, 3.63) is 17.3 Å². The molecule has 0 aliphatic carbocycles. The average Bonchev–Trinajstić information content (AvgIpc) is 2.35. The van der Waals surface area contributed by atoms with Crippen LogP contribution in [0.15, 0.2) is 17.2 Å². The van der Waals surface area contributed by atoms with Gasteiger partial charge in [-0.3, -0.25) is 0 Å². The van der Waals surface area contributed by atoms with Gasteiger partial charge in [0, 0.05) is 25.9 Å². The summed E-state index contributed by atoms with van der Waals surface area (Å²) in [4.78, 5) is 3.97. The predicted molar refractivity (Wildman–Crippen MR) is 75.1 cm³/mol. The van der Waals surface area contributed by atoms with Gasteiger partial charge in [0.05, 0.1) is 11.6 Å². The molecule has 0 radical (unpaired) electrons. The molecule has 8 heteroatoms. The summed E-state index contributed by atoms with van der Waals surface area (Å²) in [7, 11) is -1.98. The first-order chi connectivity index (χ1) is 8.90. The van der Waals surface area contributed by atoms with Gasteiger partial charge >= 0.3 is 0 Å². The van der Waals surface area contributed by atoms with Crippen molar-refractivity contribution in [1.29, 1.82) is 0 Å². The SMILES string of the molecule is CCOCC(C)NS(=O)(=O)c1cnc(NC)c(Cl)c1. The molecule has 1 aromatic rings. The van der Waals surface area contributed by atoms with Crippen molar-refractivity contribution in [3.63, 3.8) is 0 Å². The van der Waals surface area contributed by atoms with Gasteiger partial charge in [-0.15, -0.1) is 0 Å². The first-order valence-corrected chi connectivity index (χ1v) is 7.70. The van der Waals surface area contributed by atoms with Crippen molar-refractivity contribution in [3.8, 4) is 0 Å². The zero-order valence-electron chi connectivity index (χ0n) is 11.1. The fourth-order valence-electron chi connectivity index (χ4n) is 1.41. The average molecular weight is 308 g/mol. The number of halogens is 1. The molecule has 1 rings (SSSR count). The molecule has 0 spiro atoms. The van der Waals surface area contributed by atoms with Gasteiger partial charge < -0.3 is 10.1 Å². The second-order valence-electron chi connectivity index (χ2n) is 3.93. The lowest BCUT2D eigenvalue weighted by atomic mass is 10.4. The Hall–Kier alpha value is -0.890. The zero-order valence-corrected chi connectivity index (χ0v) is 12.7. The van der Waals surface area contributed by atoms with E-state index in [4.69, 9.17) is 16.3 Å².